The molecule has 1 aliphatic heterocycles. The van der Waals surface area contributed by atoms with Crippen molar-refractivity contribution in [2.24, 2.45) is 0 Å². The monoisotopic (exact) mass is 381 g/mol. The lowest BCUT2D eigenvalue weighted by Crippen LogP contribution is -2.49. The molecular weight excluding hydrogens is 362 g/mol. The second-order valence-corrected chi connectivity index (χ2v) is 6.94. The highest BCUT2D eigenvalue weighted by molar-refractivity contribution is 6.30. The first-order valence-corrected chi connectivity index (χ1v) is 9.27. The zero-order valence-electron chi connectivity index (χ0n) is 15.0. The standard InChI is InChI=1S/C20H20ClN5O/c1-15-18(14-23-26(15)17-7-5-16(21)6-8-17)20(27)25-12-10-24(11-13-25)19-4-2-3-9-22-19/h2-9,14H,10-13H2,1H3. The number of amides is 1. The Kier molecular flexibility index (Phi) is 4.81. The highest BCUT2D eigenvalue weighted by atomic mass is 35.5. The van der Waals surface area contributed by atoms with Gasteiger partial charge < -0.3 is 9.80 Å². The van der Waals surface area contributed by atoms with Crippen LogP contribution in [0.5, 0.6) is 0 Å². The van der Waals surface area contributed by atoms with E-state index in [0.29, 0.717) is 23.7 Å². The Morgan fingerprint density at radius 2 is 1.78 bits per heavy atom. The van der Waals surface area contributed by atoms with Crippen LogP contribution in [0.4, 0.5) is 5.82 Å². The second kappa shape index (κ2) is 7.40. The Hall–Kier alpha value is -2.86. The molecule has 0 atom stereocenters. The molecule has 3 heterocycles. The van der Waals surface area contributed by atoms with Gasteiger partial charge in [-0.05, 0) is 43.3 Å². The molecule has 1 aliphatic rings. The Morgan fingerprint density at radius 3 is 2.44 bits per heavy atom. The molecule has 4 rings (SSSR count). The van der Waals surface area contributed by atoms with E-state index in [-0.39, 0.29) is 5.91 Å². The molecule has 0 radical (unpaired) electrons. The van der Waals surface area contributed by atoms with E-state index in [1.807, 2.05) is 54.3 Å². The zero-order valence-corrected chi connectivity index (χ0v) is 15.8. The summed E-state index contributed by atoms with van der Waals surface area (Å²) >= 11 is 5.95. The van der Waals surface area contributed by atoms with Gasteiger partial charge in [-0.25, -0.2) is 9.67 Å². The summed E-state index contributed by atoms with van der Waals surface area (Å²) in [6, 6.07) is 13.3. The molecule has 0 aliphatic carbocycles. The van der Waals surface area contributed by atoms with Gasteiger partial charge in [-0.1, -0.05) is 17.7 Å². The Morgan fingerprint density at radius 1 is 1.04 bits per heavy atom. The topological polar surface area (TPSA) is 54.3 Å². The van der Waals surface area contributed by atoms with Crippen LogP contribution in [0.3, 0.4) is 0 Å². The molecule has 0 saturated carbocycles. The Labute approximate surface area is 163 Å². The Balaban J connectivity index is 1.47. The van der Waals surface area contributed by atoms with Gasteiger partial charge in [0.2, 0.25) is 0 Å². The van der Waals surface area contributed by atoms with Crippen LogP contribution in [-0.2, 0) is 0 Å². The molecule has 0 bridgehead atoms. The number of halogens is 1. The van der Waals surface area contributed by atoms with E-state index >= 15 is 0 Å². The highest BCUT2D eigenvalue weighted by Gasteiger charge is 2.25. The lowest BCUT2D eigenvalue weighted by molar-refractivity contribution is 0.0745. The van der Waals surface area contributed by atoms with Crippen LogP contribution < -0.4 is 4.90 Å². The number of nitrogens with zero attached hydrogens (tertiary/aromatic N) is 5. The maximum Gasteiger partial charge on any atom is 0.257 e. The van der Waals surface area contributed by atoms with Crippen LogP contribution in [-0.4, -0.2) is 51.8 Å². The van der Waals surface area contributed by atoms with Gasteiger partial charge in [-0.3, -0.25) is 4.79 Å². The van der Waals surface area contributed by atoms with E-state index in [4.69, 9.17) is 11.6 Å². The SMILES string of the molecule is Cc1c(C(=O)N2CCN(c3ccccn3)CC2)cnn1-c1ccc(Cl)cc1. The van der Waals surface area contributed by atoms with Crippen molar-refractivity contribution in [3.8, 4) is 5.69 Å². The van der Waals surface area contributed by atoms with Crippen LogP contribution in [0.25, 0.3) is 5.69 Å². The zero-order chi connectivity index (χ0) is 18.8. The predicted molar refractivity (Wildman–Crippen MR) is 106 cm³/mol. The molecule has 0 unspecified atom stereocenters. The van der Waals surface area contributed by atoms with Crippen molar-refractivity contribution in [2.45, 2.75) is 6.92 Å². The summed E-state index contributed by atoms with van der Waals surface area (Å²) in [5, 5.41) is 5.07. The number of piperazine rings is 1. The number of aromatic nitrogens is 3. The highest BCUT2D eigenvalue weighted by Crippen LogP contribution is 2.19. The van der Waals surface area contributed by atoms with Gasteiger partial charge in [0.25, 0.3) is 5.91 Å². The summed E-state index contributed by atoms with van der Waals surface area (Å²) < 4.78 is 1.77. The van der Waals surface area contributed by atoms with Crippen molar-refractivity contribution in [3.05, 3.63) is 71.1 Å². The third-order valence-corrected chi connectivity index (χ3v) is 5.10. The van der Waals surface area contributed by atoms with E-state index in [0.717, 1.165) is 30.3 Å². The molecule has 0 spiro atoms. The minimum atomic E-state index is 0.0217. The molecular formula is C20H20ClN5O. The smallest absolute Gasteiger partial charge is 0.257 e. The summed E-state index contributed by atoms with van der Waals surface area (Å²) in [6.07, 6.45) is 3.44. The number of hydrogen-bond acceptors (Lipinski definition) is 4. The predicted octanol–water partition coefficient (Wildman–Crippen LogP) is 3.19. The fraction of sp³-hybridized carbons (Fsp3) is 0.250. The first-order chi connectivity index (χ1) is 13.1. The van der Waals surface area contributed by atoms with E-state index in [9.17, 15) is 4.79 Å². The second-order valence-electron chi connectivity index (χ2n) is 6.50. The van der Waals surface area contributed by atoms with Crippen molar-refractivity contribution in [1.29, 1.82) is 0 Å². The van der Waals surface area contributed by atoms with Crippen molar-refractivity contribution in [3.63, 3.8) is 0 Å². The summed E-state index contributed by atoms with van der Waals surface area (Å²) in [5.41, 5.74) is 2.35. The maximum atomic E-state index is 13.0. The van der Waals surface area contributed by atoms with E-state index < -0.39 is 0 Å². The number of benzene rings is 1. The summed E-state index contributed by atoms with van der Waals surface area (Å²) in [7, 11) is 0. The van der Waals surface area contributed by atoms with E-state index in [1.54, 1.807) is 17.1 Å². The number of carbonyl (C=O) groups excluding carboxylic acids is 1. The van der Waals surface area contributed by atoms with Crippen molar-refractivity contribution >= 4 is 23.3 Å². The molecule has 138 valence electrons. The minimum Gasteiger partial charge on any atom is -0.353 e. The molecule has 1 amide bonds. The molecule has 1 saturated heterocycles. The van der Waals surface area contributed by atoms with Crippen LogP contribution in [0.1, 0.15) is 16.1 Å². The van der Waals surface area contributed by atoms with Gasteiger partial charge >= 0.3 is 0 Å². The van der Waals surface area contributed by atoms with Gasteiger partial charge in [-0.15, -0.1) is 0 Å². The van der Waals surface area contributed by atoms with Crippen LogP contribution in [0.2, 0.25) is 5.02 Å². The summed E-state index contributed by atoms with van der Waals surface area (Å²) in [4.78, 5) is 21.5. The largest absolute Gasteiger partial charge is 0.353 e. The van der Waals surface area contributed by atoms with Crippen LogP contribution in [0, 0.1) is 6.92 Å². The number of hydrogen-bond donors (Lipinski definition) is 0. The average molecular weight is 382 g/mol. The molecule has 0 N–H and O–H groups in total. The first kappa shape index (κ1) is 17.5. The van der Waals surface area contributed by atoms with Gasteiger partial charge in [0.15, 0.2) is 0 Å². The first-order valence-electron chi connectivity index (χ1n) is 8.89. The lowest BCUT2D eigenvalue weighted by Gasteiger charge is -2.35. The average Bonchev–Trinajstić information content (AvgIpc) is 3.10. The van der Waals surface area contributed by atoms with Crippen LogP contribution in [0.15, 0.2) is 54.9 Å². The third kappa shape index (κ3) is 3.53. The Bertz CT molecular complexity index is 931. The van der Waals surface area contributed by atoms with Gasteiger partial charge in [0, 0.05) is 37.4 Å². The quantitative estimate of drug-likeness (QED) is 0.699. The molecule has 1 fully saturated rings. The van der Waals surface area contributed by atoms with E-state index in [2.05, 4.69) is 15.0 Å². The molecule has 2 aromatic heterocycles. The molecule has 3 aromatic rings. The van der Waals surface area contributed by atoms with Gasteiger partial charge in [-0.2, -0.15) is 5.10 Å². The molecule has 27 heavy (non-hydrogen) atoms. The van der Waals surface area contributed by atoms with Crippen LogP contribution >= 0.6 is 11.6 Å². The lowest BCUT2D eigenvalue weighted by atomic mass is 10.2. The van der Waals surface area contributed by atoms with Crippen molar-refractivity contribution in [1.82, 2.24) is 19.7 Å². The van der Waals surface area contributed by atoms with Crippen molar-refractivity contribution < 1.29 is 4.79 Å². The number of anilines is 1. The van der Waals surface area contributed by atoms with Gasteiger partial charge in [0.1, 0.15) is 5.82 Å². The van der Waals surface area contributed by atoms with Crippen molar-refractivity contribution in [2.75, 3.05) is 31.1 Å². The number of carbonyl (C=O) groups is 1. The number of pyridine rings is 1. The molecule has 6 nitrogen and oxygen atoms in total. The normalized spacial score (nSPS) is 14.4. The molecule has 1 aromatic carbocycles. The summed E-state index contributed by atoms with van der Waals surface area (Å²) in [5.74, 6) is 0.977. The minimum absolute atomic E-state index is 0.0217. The fourth-order valence-electron chi connectivity index (χ4n) is 3.31. The number of rotatable bonds is 3. The maximum absolute atomic E-state index is 13.0. The van der Waals surface area contributed by atoms with E-state index in [1.165, 1.54) is 0 Å². The fourth-order valence-corrected chi connectivity index (χ4v) is 3.44. The third-order valence-electron chi connectivity index (χ3n) is 4.85. The summed E-state index contributed by atoms with van der Waals surface area (Å²) in [6.45, 7) is 4.79. The molecule has 7 heteroatoms. The van der Waals surface area contributed by atoms with Gasteiger partial charge in [0.05, 0.1) is 23.1 Å².